The summed E-state index contributed by atoms with van der Waals surface area (Å²) in [6.45, 7) is 3.67. The SMILES string of the molecule is CCCCn1c(=O)c2sccc2n2c(SCC(=O)Nc3ccc4c(c3)OCCO4)nnc12. The molecule has 0 fully saturated rings. The molecule has 11 heteroatoms. The van der Waals surface area contributed by atoms with E-state index in [1.807, 2.05) is 15.8 Å². The topological polar surface area (TPSA) is 99.8 Å². The maximum absolute atomic E-state index is 12.9. The van der Waals surface area contributed by atoms with Crippen LogP contribution >= 0.6 is 23.1 Å². The Hall–Kier alpha value is -3.05. The quantitative estimate of drug-likeness (QED) is 0.412. The number of nitrogens with one attached hydrogen (secondary N) is 1. The molecule has 0 bridgehead atoms. The van der Waals surface area contributed by atoms with E-state index in [1.165, 1.54) is 23.1 Å². The Bertz CT molecular complexity index is 1360. The number of thioether (sulfide) groups is 1. The highest BCUT2D eigenvalue weighted by molar-refractivity contribution is 7.99. The number of nitrogens with zero attached hydrogens (tertiary/aromatic N) is 4. The Labute approximate surface area is 191 Å². The summed E-state index contributed by atoms with van der Waals surface area (Å²) >= 11 is 2.69. The van der Waals surface area contributed by atoms with Gasteiger partial charge in [-0.15, -0.1) is 21.5 Å². The van der Waals surface area contributed by atoms with Gasteiger partial charge in [0.2, 0.25) is 11.7 Å². The van der Waals surface area contributed by atoms with Crippen molar-refractivity contribution in [1.29, 1.82) is 0 Å². The van der Waals surface area contributed by atoms with Gasteiger partial charge in [-0.25, -0.2) is 0 Å². The zero-order valence-electron chi connectivity index (χ0n) is 17.4. The zero-order chi connectivity index (χ0) is 22.1. The van der Waals surface area contributed by atoms with Gasteiger partial charge in [-0.1, -0.05) is 25.1 Å². The molecular formula is C21H21N5O4S2. The summed E-state index contributed by atoms with van der Waals surface area (Å²) in [6.07, 6.45) is 1.84. The Balaban J connectivity index is 1.37. The number of amides is 1. The highest BCUT2D eigenvalue weighted by atomic mass is 32.2. The lowest BCUT2D eigenvalue weighted by molar-refractivity contribution is -0.113. The van der Waals surface area contributed by atoms with Gasteiger partial charge < -0.3 is 14.8 Å². The minimum atomic E-state index is -0.177. The Kier molecular flexibility index (Phi) is 5.75. The lowest BCUT2D eigenvalue weighted by Gasteiger charge is -2.18. The van der Waals surface area contributed by atoms with Crippen LogP contribution in [0.5, 0.6) is 11.5 Å². The first-order chi connectivity index (χ1) is 15.7. The van der Waals surface area contributed by atoms with Crippen molar-refractivity contribution in [2.24, 2.45) is 0 Å². The summed E-state index contributed by atoms with van der Waals surface area (Å²) in [7, 11) is 0. The number of hydrogen-bond donors (Lipinski definition) is 1. The second-order valence-electron chi connectivity index (χ2n) is 7.26. The highest BCUT2D eigenvalue weighted by Crippen LogP contribution is 2.32. The number of hydrogen-bond acceptors (Lipinski definition) is 8. The van der Waals surface area contributed by atoms with Crippen LogP contribution in [0.15, 0.2) is 39.6 Å². The fourth-order valence-corrected chi connectivity index (χ4v) is 5.12. The third-order valence-corrected chi connectivity index (χ3v) is 6.90. The number of thiophene rings is 1. The second-order valence-corrected chi connectivity index (χ2v) is 9.12. The summed E-state index contributed by atoms with van der Waals surface area (Å²) in [6, 6.07) is 7.21. The maximum Gasteiger partial charge on any atom is 0.272 e. The number of carbonyl (C=O) groups excluding carboxylic acids is 1. The molecule has 1 aliphatic rings. The summed E-state index contributed by atoms with van der Waals surface area (Å²) in [4.78, 5) is 25.5. The molecule has 1 N–H and O–H groups in total. The molecule has 5 rings (SSSR count). The zero-order valence-corrected chi connectivity index (χ0v) is 19.0. The van der Waals surface area contributed by atoms with E-state index in [4.69, 9.17) is 9.47 Å². The van der Waals surface area contributed by atoms with E-state index in [9.17, 15) is 9.59 Å². The Morgan fingerprint density at radius 2 is 2.06 bits per heavy atom. The molecule has 0 saturated carbocycles. The van der Waals surface area contributed by atoms with Gasteiger partial charge in [0.05, 0.1) is 11.3 Å². The first-order valence-electron chi connectivity index (χ1n) is 10.3. The summed E-state index contributed by atoms with van der Waals surface area (Å²) in [5.74, 6) is 1.77. The minimum absolute atomic E-state index is 0.0451. The largest absolute Gasteiger partial charge is 0.486 e. The molecule has 32 heavy (non-hydrogen) atoms. The van der Waals surface area contributed by atoms with Crippen LogP contribution in [0, 0.1) is 0 Å². The van der Waals surface area contributed by atoms with Gasteiger partial charge in [-0.3, -0.25) is 18.6 Å². The lowest BCUT2D eigenvalue weighted by atomic mass is 10.2. The molecule has 0 unspecified atom stereocenters. The van der Waals surface area contributed by atoms with Crippen LogP contribution in [-0.4, -0.2) is 44.0 Å². The number of aryl methyl sites for hydroxylation is 1. The van der Waals surface area contributed by atoms with Crippen LogP contribution in [-0.2, 0) is 11.3 Å². The number of aromatic nitrogens is 4. The van der Waals surface area contributed by atoms with E-state index in [1.54, 1.807) is 22.8 Å². The van der Waals surface area contributed by atoms with E-state index in [0.717, 1.165) is 18.4 Å². The molecule has 1 aromatic carbocycles. The number of benzene rings is 1. The molecule has 4 heterocycles. The molecule has 4 aromatic rings. The highest BCUT2D eigenvalue weighted by Gasteiger charge is 2.19. The molecule has 0 spiro atoms. The Morgan fingerprint density at radius 3 is 2.91 bits per heavy atom. The van der Waals surface area contributed by atoms with Gasteiger partial charge in [0.25, 0.3) is 5.56 Å². The van der Waals surface area contributed by atoms with E-state index < -0.39 is 0 Å². The number of rotatable bonds is 7. The van der Waals surface area contributed by atoms with Crippen molar-refractivity contribution in [3.05, 3.63) is 40.0 Å². The molecular weight excluding hydrogens is 450 g/mol. The molecule has 0 saturated heterocycles. The summed E-state index contributed by atoms with van der Waals surface area (Å²) in [5.41, 5.74) is 1.36. The smallest absolute Gasteiger partial charge is 0.272 e. The third kappa shape index (κ3) is 3.82. The average molecular weight is 472 g/mol. The molecule has 166 valence electrons. The van der Waals surface area contributed by atoms with Crippen molar-refractivity contribution in [1.82, 2.24) is 19.2 Å². The standard InChI is InChI=1S/C21H21N5O4S2/c1-2-3-7-25-19(28)18-14(6-10-31-18)26-20(25)23-24-21(26)32-12-17(27)22-13-4-5-15-16(11-13)30-9-8-29-15/h4-6,10-11H,2-3,7-9,12H2,1H3,(H,22,27). The Morgan fingerprint density at radius 1 is 1.22 bits per heavy atom. The number of unbranched alkanes of at least 4 members (excludes halogenated alkanes) is 1. The molecule has 0 radical (unpaired) electrons. The van der Waals surface area contributed by atoms with Crippen LogP contribution < -0.4 is 20.3 Å². The van der Waals surface area contributed by atoms with Gasteiger partial charge in [0, 0.05) is 18.3 Å². The molecule has 0 aliphatic carbocycles. The number of carbonyl (C=O) groups is 1. The number of fused-ring (bicyclic) bond motifs is 4. The van der Waals surface area contributed by atoms with Crippen molar-refractivity contribution >= 4 is 50.7 Å². The fourth-order valence-electron chi connectivity index (χ4n) is 3.56. The van der Waals surface area contributed by atoms with Gasteiger partial charge in [0.15, 0.2) is 16.7 Å². The number of anilines is 1. The van der Waals surface area contributed by atoms with Crippen LogP contribution in [0.4, 0.5) is 5.69 Å². The second kappa shape index (κ2) is 8.83. The van der Waals surface area contributed by atoms with Crippen molar-refractivity contribution in [3.8, 4) is 11.5 Å². The average Bonchev–Trinajstić information content (AvgIpc) is 3.45. The predicted octanol–water partition coefficient (Wildman–Crippen LogP) is 3.41. The number of ether oxygens (including phenoxy) is 2. The van der Waals surface area contributed by atoms with Crippen molar-refractivity contribution < 1.29 is 14.3 Å². The molecule has 1 amide bonds. The molecule has 0 atom stereocenters. The van der Waals surface area contributed by atoms with E-state index in [0.29, 0.717) is 52.6 Å². The van der Waals surface area contributed by atoms with E-state index in [2.05, 4.69) is 22.4 Å². The third-order valence-electron chi connectivity index (χ3n) is 5.08. The first kappa shape index (κ1) is 20.8. The molecule has 3 aromatic heterocycles. The predicted molar refractivity (Wildman–Crippen MR) is 124 cm³/mol. The summed E-state index contributed by atoms with van der Waals surface area (Å²) < 4.78 is 15.3. The van der Waals surface area contributed by atoms with Gasteiger partial charge >= 0.3 is 0 Å². The minimum Gasteiger partial charge on any atom is -0.486 e. The van der Waals surface area contributed by atoms with Crippen LogP contribution in [0.25, 0.3) is 16.0 Å². The maximum atomic E-state index is 12.9. The monoisotopic (exact) mass is 471 g/mol. The van der Waals surface area contributed by atoms with Crippen LogP contribution in [0.3, 0.4) is 0 Å². The molecule has 1 aliphatic heterocycles. The van der Waals surface area contributed by atoms with Gasteiger partial charge in [-0.05, 0) is 30.0 Å². The summed E-state index contributed by atoms with van der Waals surface area (Å²) in [5, 5.41) is 13.9. The van der Waals surface area contributed by atoms with Crippen molar-refractivity contribution in [2.45, 2.75) is 31.5 Å². The lowest BCUT2D eigenvalue weighted by Crippen LogP contribution is -2.22. The van der Waals surface area contributed by atoms with Crippen molar-refractivity contribution in [3.63, 3.8) is 0 Å². The molecule has 9 nitrogen and oxygen atoms in total. The normalized spacial score (nSPS) is 13.0. The fraction of sp³-hybridized carbons (Fsp3) is 0.333. The van der Waals surface area contributed by atoms with Crippen molar-refractivity contribution in [2.75, 3.05) is 24.3 Å². The van der Waals surface area contributed by atoms with E-state index in [-0.39, 0.29) is 17.2 Å². The van der Waals surface area contributed by atoms with Crippen LogP contribution in [0.1, 0.15) is 19.8 Å². The van der Waals surface area contributed by atoms with Crippen LogP contribution in [0.2, 0.25) is 0 Å². The first-order valence-corrected chi connectivity index (χ1v) is 12.2. The van der Waals surface area contributed by atoms with Gasteiger partial charge in [-0.2, -0.15) is 0 Å². The van der Waals surface area contributed by atoms with Gasteiger partial charge in [0.1, 0.15) is 17.9 Å². The van der Waals surface area contributed by atoms with E-state index >= 15 is 0 Å².